The van der Waals surface area contributed by atoms with Crippen LogP contribution in [0.25, 0.3) is 6.08 Å². The zero-order chi connectivity index (χ0) is 16.0. The van der Waals surface area contributed by atoms with Crippen LogP contribution in [0.1, 0.15) is 43.6 Å². The molecule has 120 valence electrons. The molecule has 0 saturated carbocycles. The van der Waals surface area contributed by atoms with Gasteiger partial charge in [0.15, 0.2) is 0 Å². The van der Waals surface area contributed by atoms with Crippen molar-refractivity contribution in [2.24, 2.45) is 0 Å². The molecule has 1 fully saturated rings. The van der Waals surface area contributed by atoms with Crippen LogP contribution in [0.5, 0.6) is 0 Å². The van der Waals surface area contributed by atoms with Gasteiger partial charge in [0.1, 0.15) is 5.82 Å². The van der Waals surface area contributed by atoms with Crippen molar-refractivity contribution < 1.29 is 44.3 Å². The van der Waals surface area contributed by atoms with E-state index in [1.165, 1.54) is 17.7 Å². The smallest absolute Gasteiger partial charge is 0.543 e. The summed E-state index contributed by atoms with van der Waals surface area (Å²) in [4.78, 5) is 29.2. The van der Waals surface area contributed by atoms with Crippen molar-refractivity contribution in [1.29, 1.82) is 0 Å². The quantitative estimate of drug-likeness (QED) is 0.344. The molecule has 4 rings (SSSR count). The minimum Gasteiger partial charge on any atom is -0.543 e. The number of hydrogen-bond donors (Lipinski definition) is 0. The fourth-order valence-corrected chi connectivity index (χ4v) is 3.68. The number of nitrogens with zero attached hydrogens (tertiary/aromatic N) is 3. The van der Waals surface area contributed by atoms with Gasteiger partial charge in [-0.25, -0.2) is 4.98 Å². The molecule has 3 aliphatic rings. The van der Waals surface area contributed by atoms with Gasteiger partial charge in [-0.15, -0.1) is 0 Å². The fourth-order valence-electron chi connectivity index (χ4n) is 3.68. The molecule has 1 unspecified atom stereocenters. The minimum absolute atomic E-state index is 0. The maximum atomic E-state index is 12.2. The predicted octanol–water partition coefficient (Wildman–Crippen LogP) is -2.36. The van der Waals surface area contributed by atoms with E-state index in [-0.39, 0.29) is 47.2 Å². The molecular weight excluding hydrogens is 317 g/mol. The number of carboxylic acids is 1. The standard InChI is InChI=1S/C17H19N3O3.Na/c21-16-12(13-6-7-14(17(22)23)20(13)16)9-11-10-19-8-4-2-1-3-5-15(19)18-11;/h7,9-10,13H,1-6,8H2,(H,22,23);/q;+1/p-1/b12-9+;. The van der Waals surface area contributed by atoms with Crippen LogP contribution in [0, 0.1) is 0 Å². The van der Waals surface area contributed by atoms with E-state index in [9.17, 15) is 14.7 Å². The molecule has 0 N–H and O–H groups in total. The van der Waals surface area contributed by atoms with Crippen molar-refractivity contribution in [1.82, 2.24) is 14.5 Å². The number of β-lactam (4-membered cyclic amide) rings is 1. The van der Waals surface area contributed by atoms with Crippen LogP contribution in [0.2, 0.25) is 0 Å². The van der Waals surface area contributed by atoms with Gasteiger partial charge in [-0.1, -0.05) is 18.9 Å². The summed E-state index contributed by atoms with van der Waals surface area (Å²) < 4.78 is 2.19. The summed E-state index contributed by atoms with van der Waals surface area (Å²) >= 11 is 0. The summed E-state index contributed by atoms with van der Waals surface area (Å²) in [5.74, 6) is -0.451. The molecule has 1 aromatic heterocycles. The maximum absolute atomic E-state index is 12.2. The number of imidazole rings is 1. The molecule has 1 atom stereocenters. The number of carbonyl (C=O) groups excluding carboxylic acids is 2. The topological polar surface area (TPSA) is 78.3 Å². The average molecular weight is 335 g/mol. The van der Waals surface area contributed by atoms with Crippen molar-refractivity contribution in [3.05, 3.63) is 35.1 Å². The first kappa shape index (κ1) is 17.5. The number of carbonyl (C=O) groups is 2. The van der Waals surface area contributed by atoms with E-state index < -0.39 is 5.97 Å². The summed E-state index contributed by atoms with van der Waals surface area (Å²) in [7, 11) is 0. The predicted molar refractivity (Wildman–Crippen MR) is 80.7 cm³/mol. The van der Waals surface area contributed by atoms with Gasteiger partial charge in [-0.3, -0.25) is 9.69 Å². The van der Waals surface area contributed by atoms with E-state index in [2.05, 4.69) is 9.55 Å². The molecule has 0 aromatic carbocycles. The van der Waals surface area contributed by atoms with Gasteiger partial charge in [0.25, 0.3) is 5.91 Å². The minimum atomic E-state index is -1.29. The van der Waals surface area contributed by atoms with Crippen LogP contribution >= 0.6 is 0 Å². The second kappa shape index (κ2) is 6.86. The van der Waals surface area contributed by atoms with Gasteiger partial charge in [-0.05, 0) is 25.3 Å². The van der Waals surface area contributed by atoms with Gasteiger partial charge in [0, 0.05) is 24.7 Å². The molecule has 0 radical (unpaired) electrons. The molecule has 0 spiro atoms. The Kier molecular flexibility index (Phi) is 4.99. The van der Waals surface area contributed by atoms with Crippen LogP contribution in [0.4, 0.5) is 0 Å². The van der Waals surface area contributed by atoms with Gasteiger partial charge >= 0.3 is 29.6 Å². The number of rotatable bonds is 2. The number of aryl methyl sites for hydroxylation is 2. The third-order valence-corrected chi connectivity index (χ3v) is 4.87. The van der Waals surface area contributed by atoms with E-state index >= 15 is 0 Å². The second-order valence-electron chi connectivity index (χ2n) is 6.34. The molecule has 1 amide bonds. The molecule has 1 saturated heterocycles. The number of aliphatic carboxylic acids is 1. The number of carboxylic acid groups (broad SMARTS) is 1. The molecule has 24 heavy (non-hydrogen) atoms. The van der Waals surface area contributed by atoms with Gasteiger partial charge in [0.05, 0.1) is 23.4 Å². The molecule has 6 nitrogen and oxygen atoms in total. The normalized spacial score (nSPS) is 24.2. The van der Waals surface area contributed by atoms with Crippen molar-refractivity contribution in [2.75, 3.05) is 0 Å². The van der Waals surface area contributed by atoms with Crippen LogP contribution in [-0.4, -0.2) is 32.4 Å². The molecule has 0 aliphatic carbocycles. The summed E-state index contributed by atoms with van der Waals surface area (Å²) in [5, 5.41) is 11.0. The first-order valence-electron chi connectivity index (χ1n) is 8.18. The van der Waals surface area contributed by atoms with Crippen LogP contribution < -0.4 is 34.7 Å². The van der Waals surface area contributed by atoms with Gasteiger partial charge < -0.3 is 14.5 Å². The Balaban J connectivity index is 0.00000169. The second-order valence-corrected chi connectivity index (χ2v) is 6.34. The van der Waals surface area contributed by atoms with Gasteiger partial charge in [0.2, 0.25) is 0 Å². The zero-order valence-electron chi connectivity index (χ0n) is 13.8. The number of aromatic nitrogens is 2. The van der Waals surface area contributed by atoms with Crippen molar-refractivity contribution in [3.63, 3.8) is 0 Å². The molecule has 4 heterocycles. The first-order chi connectivity index (χ1) is 11.1. The molecule has 3 aliphatic heterocycles. The third kappa shape index (κ3) is 2.87. The van der Waals surface area contributed by atoms with E-state index in [1.54, 1.807) is 6.08 Å². The van der Waals surface area contributed by atoms with Crippen molar-refractivity contribution in [2.45, 2.75) is 51.1 Å². The summed E-state index contributed by atoms with van der Waals surface area (Å²) in [6, 6.07) is -0.167. The Hall–Kier alpha value is -1.37. The Bertz CT molecular complexity index is 725. The maximum Gasteiger partial charge on any atom is 1.00 e. The van der Waals surface area contributed by atoms with Gasteiger partial charge in [-0.2, -0.15) is 0 Å². The largest absolute Gasteiger partial charge is 1.00 e. The van der Waals surface area contributed by atoms with E-state index in [1.807, 2.05) is 12.3 Å². The Morgan fingerprint density at radius 3 is 2.88 bits per heavy atom. The van der Waals surface area contributed by atoms with E-state index in [4.69, 9.17) is 0 Å². The monoisotopic (exact) mass is 335 g/mol. The van der Waals surface area contributed by atoms with E-state index in [0.29, 0.717) is 12.0 Å². The Labute approximate surface area is 162 Å². The van der Waals surface area contributed by atoms with Crippen molar-refractivity contribution >= 4 is 18.0 Å². The molecule has 7 heteroatoms. The number of amides is 1. The van der Waals surface area contributed by atoms with E-state index in [0.717, 1.165) is 37.3 Å². The Morgan fingerprint density at radius 2 is 2.08 bits per heavy atom. The summed E-state index contributed by atoms with van der Waals surface area (Å²) in [6.45, 7) is 0.978. The number of fused-ring (bicyclic) bond motifs is 2. The van der Waals surface area contributed by atoms with Crippen LogP contribution in [0.15, 0.2) is 23.5 Å². The molecule has 1 aromatic rings. The SMILES string of the molecule is O=C([O-])C1=CCC2/C(=C\c3cn4c(n3)CCCCCC4)C(=O)N12.[Na+]. The van der Waals surface area contributed by atoms with Crippen LogP contribution in [0.3, 0.4) is 0 Å². The first-order valence-corrected chi connectivity index (χ1v) is 8.18. The zero-order valence-corrected chi connectivity index (χ0v) is 15.8. The fraction of sp³-hybridized carbons (Fsp3) is 0.471. The number of hydrogen-bond acceptors (Lipinski definition) is 4. The van der Waals surface area contributed by atoms with Crippen molar-refractivity contribution in [3.8, 4) is 0 Å². The average Bonchev–Trinajstić information content (AvgIpc) is 3.06. The summed E-state index contributed by atoms with van der Waals surface area (Å²) in [6.07, 6.45) is 11.7. The third-order valence-electron chi connectivity index (χ3n) is 4.87. The molecule has 0 bridgehead atoms. The Morgan fingerprint density at radius 1 is 1.29 bits per heavy atom. The summed E-state index contributed by atoms with van der Waals surface area (Å²) in [5.41, 5.74) is 1.43. The molecular formula is C17H18N3NaO3. The van der Waals surface area contributed by atoms with Crippen LogP contribution in [-0.2, 0) is 22.6 Å².